The van der Waals surface area contributed by atoms with Crippen LogP contribution in [0.2, 0.25) is 0 Å². The van der Waals surface area contributed by atoms with Gasteiger partial charge in [-0.2, -0.15) is 0 Å². The van der Waals surface area contributed by atoms with Crippen LogP contribution in [0, 0.1) is 0 Å². The van der Waals surface area contributed by atoms with Crippen LogP contribution in [-0.2, 0) is 10.0 Å². The first-order valence-corrected chi connectivity index (χ1v) is 6.20. The van der Waals surface area contributed by atoms with Crippen LogP contribution in [0.4, 0.5) is 0 Å². The van der Waals surface area contributed by atoms with Crippen molar-refractivity contribution in [2.75, 3.05) is 12.3 Å². The van der Waals surface area contributed by atoms with Gasteiger partial charge in [0.05, 0.1) is 5.75 Å². The van der Waals surface area contributed by atoms with Gasteiger partial charge >= 0.3 is 0 Å². The van der Waals surface area contributed by atoms with Crippen molar-refractivity contribution in [1.29, 1.82) is 0 Å². The second kappa shape index (κ2) is 4.93. The van der Waals surface area contributed by atoms with Gasteiger partial charge in [-0.25, -0.2) is 13.1 Å². The molecule has 0 aliphatic heterocycles. The smallest absolute Gasteiger partial charge is 0.213 e. The van der Waals surface area contributed by atoms with Crippen molar-refractivity contribution in [2.45, 2.75) is 39.2 Å². The Bertz CT molecular complexity index is 235. The third kappa shape index (κ3) is 6.01. The number of sulfonamides is 1. The summed E-state index contributed by atoms with van der Waals surface area (Å²) in [5.41, 5.74) is 4.83. The maximum absolute atomic E-state index is 11.3. The summed E-state index contributed by atoms with van der Waals surface area (Å²) in [6, 6.07) is 0. The van der Waals surface area contributed by atoms with Gasteiger partial charge in [0, 0.05) is 12.1 Å². The summed E-state index contributed by atoms with van der Waals surface area (Å²) in [5.74, 6) is 0.000143. The molecule has 0 spiro atoms. The zero-order chi connectivity index (χ0) is 10.5. The van der Waals surface area contributed by atoms with Gasteiger partial charge in [0.2, 0.25) is 10.0 Å². The van der Waals surface area contributed by atoms with Gasteiger partial charge in [-0.15, -0.1) is 0 Å². The standard InChI is InChI=1S/C8H20N2O2S/c1-4-5-8(2,3)10-13(11,12)7-6-9/h10H,4-7,9H2,1-3H3. The van der Waals surface area contributed by atoms with Crippen LogP contribution in [0.1, 0.15) is 33.6 Å². The Kier molecular flexibility index (Phi) is 4.88. The Morgan fingerprint density at radius 3 is 2.31 bits per heavy atom. The third-order valence-electron chi connectivity index (χ3n) is 1.69. The maximum Gasteiger partial charge on any atom is 0.213 e. The molecule has 0 radical (unpaired) electrons. The average molecular weight is 208 g/mol. The Labute approximate surface area is 80.9 Å². The third-order valence-corrected chi connectivity index (χ3v) is 3.33. The SMILES string of the molecule is CCCC(C)(C)NS(=O)(=O)CCN. The van der Waals surface area contributed by atoms with E-state index in [9.17, 15) is 8.42 Å². The first kappa shape index (κ1) is 12.9. The molecule has 0 bridgehead atoms. The lowest BCUT2D eigenvalue weighted by atomic mass is 10.0. The highest BCUT2D eigenvalue weighted by atomic mass is 32.2. The first-order chi connectivity index (χ1) is 5.83. The minimum Gasteiger partial charge on any atom is -0.329 e. The van der Waals surface area contributed by atoms with Crippen LogP contribution in [0.5, 0.6) is 0 Å². The van der Waals surface area contributed by atoms with Crippen LogP contribution in [0.25, 0.3) is 0 Å². The quantitative estimate of drug-likeness (QED) is 0.665. The number of nitrogens with one attached hydrogen (secondary N) is 1. The fraction of sp³-hybridized carbons (Fsp3) is 1.00. The Morgan fingerprint density at radius 2 is 1.92 bits per heavy atom. The molecule has 0 saturated carbocycles. The second-order valence-corrected chi connectivity index (χ2v) is 5.69. The molecule has 0 aliphatic carbocycles. The highest BCUT2D eigenvalue weighted by Crippen LogP contribution is 2.11. The lowest BCUT2D eigenvalue weighted by Crippen LogP contribution is -2.45. The van der Waals surface area contributed by atoms with E-state index >= 15 is 0 Å². The molecule has 4 nitrogen and oxygen atoms in total. The largest absolute Gasteiger partial charge is 0.329 e. The lowest BCUT2D eigenvalue weighted by Gasteiger charge is -2.25. The van der Waals surface area contributed by atoms with E-state index in [1.807, 2.05) is 20.8 Å². The molecule has 0 amide bonds. The summed E-state index contributed by atoms with van der Waals surface area (Å²) < 4.78 is 25.3. The van der Waals surface area contributed by atoms with E-state index in [1.165, 1.54) is 0 Å². The van der Waals surface area contributed by atoms with Gasteiger partial charge in [-0.1, -0.05) is 13.3 Å². The summed E-state index contributed by atoms with van der Waals surface area (Å²) in [5, 5.41) is 0. The van der Waals surface area contributed by atoms with Crippen LogP contribution >= 0.6 is 0 Å². The van der Waals surface area contributed by atoms with Crippen LogP contribution < -0.4 is 10.5 Å². The summed E-state index contributed by atoms with van der Waals surface area (Å²) in [6.45, 7) is 5.95. The van der Waals surface area contributed by atoms with E-state index in [0.717, 1.165) is 12.8 Å². The minimum atomic E-state index is -3.19. The number of hydrogen-bond acceptors (Lipinski definition) is 3. The predicted molar refractivity (Wildman–Crippen MR) is 55.0 cm³/mol. The normalized spacial score (nSPS) is 13.2. The summed E-state index contributed by atoms with van der Waals surface area (Å²) in [6.07, 6.45) is 1.79. The molecule has 13 heavy (non-hydrogen) atoms. The van der Waals surface area contributed by atoms with Crippen LogP contribution in [-0.4, -0.2) is 26.3 Å². The molecule has 0 saturated heterocycles. The molecular formula is C8H20N2O2S. The second-order valence-electron chi connectivity index (χ2n) is 3.84. The monoisotopic (exact) mass is 208 g/mol. The fourth-order valence-corrected chi connectivity index (χ4v) is 2.66. The van der Waals surface area contributed by atoms with Crippen LogP contribution in [0.15, 0.2) is 0 Å². The van der Waals surface area contributed by atoms with E-state index in [1.54, 1.807) is 0 Å². The highest BCUT2D eigenvalue weighted by Gasteiger charge is 2.22. The van der Waals surface area contributed by atoms with E-state index < -0.39 is 10.0 Å². The van der Waals surface area contributed by atoms with Gasteiger partial charge in [0.25, 0.3) is 0 Å². The summed E-state index contributed by atoms with van der Waals surface area (Å²) in [4.78, 5) is 0. The van der Waals surface area contributed by atoms with E-state index in [4.69, 9.17) is 5.73 Å². The summed E-state index contributed by atoms with van der Waals surface area (Å²) >= 11 is 0. The van der Waals surface area contributed by atoms with Crippen molar-refractivity contribution < 1.29 is 8.42 Å². The Hall–Kier alpha value is -0.130. The zero-order valence-electron chi connectivity index (χ0n) is 8.63. The van der Waals surface area contributed by atoms with Crippen molar-refractivity contribution in [3.8, 4) is 0 Å². The van der Waals surface area contributed by atoms with Crippen molar-refractivity contribution in [1.82, 2.24) is 4.72 Å². The fourth-order valence-electron chi connectivity index (χ4n) is 1.30. The first-order valence-electron chi connectivity index (χ1n) is 4.55. The van der Waals surface area contributed by atoms with Gasteiger partial charge in [-0.05, 0) is 20.3 Å². The molecule has 3 N–H and O–H groups in total. The van der Waals surface area contributed by atoms with Crippen molar-refractivity contribution in [3.63, 3.8) is 0 Å². The molecule has 0 aliphatic rings. The maximum atomic E-state index is 11.3. The highest BCUT2D eigenvalue weighted by molar-refractivity contribution is 7.89. The molecule has 0 unspecified atom stereocenters. The predicted octanol–water partition coefficient (Wildman–Crippen LogP) is 0.443. The molecule has 0 atom stereocenters. The van der Waals surface area contributed by atoms with Gasteiger partial charge < -0.3 is 5.73 Å². The molecule has 0 rings (SSSR count). The number of nitrogens with two attached hydrogens (primary N) is 1. The van der Waals surface area contributed by atoms with Gasteiger partial charge in [-0.3, -0.25) is 0 Å². The topological polar surface area (TPSA) is 72.2 Å². The number of hydrogen-bond donors (Lipinski definition) is 2. The molecule has 80 valence electrons. The molecule has 0 aromatic heterocycles. The van der Waals surface area contributed by atoms with Crippen molar-refractivity contribution in [2.24, 2.45) is 5.73 Å². The van der Waals surface area contributed by atoms with E-state index in [2.05, 4.69) is 4.72 Å². The molecule has 0 fully saturated rings. The molecule has 0 aromatic carbocycles. The van der Waals surface area contributed by atoms with Crippen molar-refractivity contribution in [3.05, 3.63) is 0 Å². The number of rotatable bonds is 6. The minimum absolute atomic E-state index is 0.000143. The molecular weight excluding hydrogens is 188 g/mol. The molecule has 0 heterocycles. The van der Waals surface area contributed by atoms with Crippen molar-refractivity contribution >= 4 is 10.0 Å². The Balaban J connectivity index is 4.25. The van der Waals surface area contributed by atoms with Gasteiger partial charge in [0.1, 0.15) is 0 Å². The van der Waals surface area contributed by atoms with Crippen LogP contribution in [0.3, 0.4) is 0 Å². The van der Waals surface area contributed by atoms with E-state index in [-0.39, 0.29) is 17.8 Å². The molecule has 5 heteroatoms. The zero-order valence-corrected chi connectivity index (χ0v) is 9.45. The van der Waals surface area contributed by atoms with Gasteiger partial charge in [0.15, 0.2) is 0 Å². The lowest BCUT2D eigenvalue weighted by molar-refractivity contribution is 0.418. The average Bonchev–Trinajstić information content (AvgIpc) is 1.82. The summed E-state index contributed by atoms with van der Waals surface area (Å²) in [7, 11) is -3.19. The van der Waals surface area contributed by atoms with E-state index in [0.29, 0.717) is 0 Å². The Morgan fingerprint density at radius 1 is 1.38 bits per heavy atom. The molecule has 0 aromatic rings.